The van der Waals surface area contributed by atoms with Crippen molar-refractivity contribution < 1.29 is 39.3 Å². The first-order valence-corrected chi connectivity index (χ1v) is 11.0. The van der Waals surface area contributed by atoms with E-state index in [-0.39, 0.29) is 12.2 Å². The van der Waals surface area contributed by atoms with Gasteiger partial charge in [0, 0.05) is 6.42 Å². The molecular formula is C22H33N5O8. The van der Waals surface area contributed by atoms with Crippen LogP contribution in [0.4, 0.5) is 0 Å². The molecular weight excluding hydrogens is 462 g/mol. The summed E-state index contributed by atoms with van der Waals surface area (Å²) in [7, 11) is 0. The van der Waals surface area contributed by atoms with Crippen LogP contribution in [0.15, 0.2) is 24.3 Å². The van der Waals surface area contributed by atoms with Crippen molar-refractivity contribution in [1.82, 2.24) is 16.0 Å². The second kappa shape index (κ2) is 13.9. The fourth-order valence-corrected chi connectivity index (χ4v) is 3.06. The second-order valence-corrected chi connectivity index (χ2v) is 8.16. The number of nitrogens with two attached hydrogens (primary N) is 2. The number of aliphatic hydroxyl groups is 1. The number of phenolic OH excluding ortho intramolecular Hbond substituents is 1. The predicted molar refractivity (Wildman–Crippen MR) is 124 cm³/mol. The number of carboxylic acid groups (broad SMARTS) is 1. The van der Waals surface area contributed by atoms with Crippen LogP contribution >= 0.6 is 0 Å². The van der Waals surface area contributed by atoms with E-state index in [0.717, 1.165) is 0 Å². The summed E-state index contributed by atoms with van der Waals surface area (Å²) in [4.78, 5) is 61.1. The zero-order valence-electron chi connectivity index (χ0n) is 19.6. The lowest BCUT2D eigenvalue weighted by molar-refractivity contribution is -0.144. The van der Waals surface area contributed by atoms with Gasteiger partial charge in [-0.2, -0.15) is 0 Å². The fourth-order valence-electron chi connectivity index (χ4n) is 3.06. The number of carbonyl (C=O) groups is 5. The van der Waals surface area contributed by atoms with Crippen molar-refractivity contribution in [2.45, 2.75) is 57.3 Å². The average Bonchev–Trinajstić information content (AvgIpc) is 2.81. The topological polar surface area (TPSA) is 234 Å². The first-order chi connectivity index (χ1) is 16.4. The van der Waals surface area contributed by atoms with Crippen LogP contribution in [0.3, 0.4) is 0 Å². The smallest absolute Gasteiger partial charge is 0.326 e. The summed E-state index contributed by atoms with van der Waals surface area (Å²) in [6, 6.07) is 0.354. The number of carboxylic acids is 1. The standard InChI is InChI=1S/C22H33N5O8/c1-3-11(2)18(22(34)35)27-21(33)16(9-17(24)30)26-20(32)15(25-19(31)14(23)10-28)8-12-4-6-13(29)7-5-12/h4-7,11,14-16,18,28-29H,3,8-10,23H2,1-2H3,(H2,24,30)(H,25,31)(H,26,32)(H,27,33)(H,34,35). The molecule has 0 aliphatic carbocycles. The number of rotatable bonds is 14. The van der Waals surface area contributed by atoms with Crippen molar-refractivity contribution in [2.24, 2.45) is 17.4 Å². The summed E-state index contributed by atoms with van der Waals surface area (Å²) >= 11 is 0. The lowest BCUT2D eigenvalue weighted by Crippen LogP contribution is -2.59. The lowest BCUT2D eigenvalue weighted by atomic mass is 9.98. The minimum atomic E-state index is -1.52. The Morgan fingerprint density at radius 2 is 1.49 bits per heavy atom. The maximum absolute atomic E-state index is 13.0. The molecule has 0 bridgehead atoms. The number of aliphatic hydroxyl groups excluding tert-OH is 1. The van der Waals surface area contributed by atoms with Crippen LogP contribution in [0.2, 0.25) is 0 Å². The molecule has 1 aromatic rings. The summed E-state index contributed by atoms with van der Waals surface area (Å²) in [5.41, 5.74) is 11.2. The zero-order valence-corrected chi connectivity index (χ0v) is 19.6. The molecule has 13 heteroatoms. The van der Waals surface area contributed by atoms with Gasteiger partial charge in [0.25, 0.3) is 0 Å². The molecule has 4 amide bonds. The van der Waals surface area contributed by atoms with Gasteiger partial charge >= 0.3 is 5.97 Å². The first-order valence-electron chi connectivity index (χ1n) is 11.0. The van der Waals surface area contributed by atoms with Crippen molar-refractivity contribution in [3.63, 3.8) is 0 Å². The van der Waals surface area contributed by atoms with Crippen LogP contribution in [-0.2, 0) is 30.4 Å². The number of benzene rings is 1. The quantitative estimate of drug-likeness (QED) is 0.138. The predicted octanol–water partition coefficient (Wildman–Crippen LogP) is -2.29. The van der Waals surface area contributed by atoms with E-state index < -0.39 is 72.7 Å². The molecule has 0 saturated carbocycles. The van der Waals surface area contributed by atoms with E-state index >= 15 is 0 Å². The second-order valence-electron chi connectivity index (χ2n) is 8.16. The van der Waals surface area contributed by atoms with Gasteiger partial charge in [0.05, 0.1) is 13.0 Å². The van der Waals surface area contributed by atoms with Crippen molar-refractivity contribution in [1.29, 1.82) is 0 Å². The third-order valence-corrected chi connectivity index (χ3v) is 5.36. The Kier molecular flexibility index (Phi) is 11.6. The van der Waals surface area contributed by atoms with Crippen molar-refractivity contribution in [2.75, 3.05) is 6.61 Å². The molecule has 5 unspecified atom stereocenters. The molecule has 0 aliphatic rings. The Balaban J connectivity index is 3.14. The minimum Gasteiger partial charge on any atom is -0.508 e. The van der Waals surface area contributed by atoms with Gasteiger partial charge in [0.2, 0.25) is 23.6 Å². The monoisotopic (exact) mass is 495 g/mol. The third kappa shape index (κ3) is 9.59. The molecule has 194 valence electrons. The summed E-state index contributed by atoms with van der Waals surface area (Å²) in [5.74, 6) is -5.34. The van der Waals surface area contributed by atoms with E-state index in [2.05, 4.69) is 16.0 Å². The largest absolute Gasteiger partial charge is 0.508 e. The number of phenols is 1. The molecule has 0 heterocycles. The maximum Gasteiger partial charge on any atom is 0.326 e. The lowest BCUT2D eigenvalue weighted by Gasteiger charge is -2.26. The number of nitrogens with one attached hydrogen (secondary N) is 3. The highest BCUT2D eigenvalue weighted by molar-refractivity contribution is 5.96. The zero-order chi connectivity index (χ0) is 26.7. The van der Waals surface area contributed by atoms with Gasteiger partial charge < -0.3 is 42.7 Å². The van der Waals surface area contributed by atoms with Crippen molar-refractivity contribution >= 4 is 29.6 Å². The van der Waals surface area contributed by atoms with E-state index in [1.165, 1.54) is 24.3 Å². The molecule has 10 N–H and O–H groups in total. The highest BCUT2D eigenvalue weighted by atomic mass is 16.4. The first kappa shape index (κ1) is 29.3. The van der Waals surface area contributed by atoms with Gasteiger partial charge in [-0.3, -0.25) is 19.2 Å². The van der Waals surface area contributed by atoms with Gasteiger partial charge in [0.15, 0.2) is 0 Å². The Hall–Kier alpha value is -3.71. The number of primary amides is 1. The molecule has 0 saturated heterocycles. The summed E-state index contributed by atoms with van der Waals surface area (Å²) in [6.45, 7) is 2.68. The van der Waals surface area contributed by atoms with Gasteiger partial charge in [-0.25, -0.2) is 4.79 Å². The Bertz CT molecular complexity index is 908. The number of carbonyl (C=O) groups excluding carboxylic acids is 4. The van der Waals surface area contributed by atoms with Gasteiger partial charge in [-0.1, -0.05) is 32.4 Å². The summed E-state index contributed by atoms with van der Waals surface area (Å²) in [5, 5.41) is 35.0. The van der Waals surface area contributed by atoms with E-state index in [9.17, 15) is 34.2 Å². The van der Waals surface area contributed by atoms with E-state index in [0.29, 0.717) is 12.0 Å². The molecule has 5 atom stereocenters. The average molecular weight is 496 g/mol. The SMILES string of the molecule is CCC(C)C(NC(=O)C(CC(N)=O)NC(=O)C(Cc1ccc(O)cc1)NC(=O)C(N)CO)C(=O)O. The number of amides is 4. The molecule has 0 aromatic heterocycles. The van der Waals surface area contributed by atoms with Crippen LogP contribution < -0.4 is 27.4 Å². The van der Waals surface area contributed by atoms with E-state index in [1.54, 1.807) is 13.8 Å². The van der Waals surface area contributed by atoms with Gasteiger partial charge in [0.1, 0.15) is 29.9 Å². The molecule has 0 radical (unpaired) electrons. The normalized spacial score (nSPS) is 15.1. The van der Waals surface area contributed by atoms with Crippen molar-refractivity contribution in [3.8, 4) is 5.75 Å². The summed E-state index contributed by atoms with van der Waals surface area (Å²) < 4.78 is 0. The van der Waals surface area contributed by atoms with Gasteiger partial charge in [-0.05, 0) is 23.6 Å². The molecule has 1 rings (SSSR count). The Morgan fingerprint density at radius 1 is 0.943 bits per heavy atom. The molecule has 0 spiro atoms. The number of hydrogen-bond donors (Lipinski definition) is 8. The van der Waals surface area contributed by atoms with Crippen LogP contribution in [0.5, 0.6) is 5.75 Å². The number of aromatic hydroxyl groups is 1. The number of hydrogen-bond acceptors (Lipinski definition) is 8. The van der Waals surface area contributed by atoms with E-state index in [4.69, 9.17) is 16.6 Å². The maximum atomic E-state index is 13.0. The van der Waals surface area contributed by atoms with Gasteiger partial charge in [-0.15, -0.1) is 0 Å². The number of aliphatic carboxylic acids is 1. The van der Waals surface area contributed by atoms with Crippen LogP contribution in [0, 0.1) is 5.92 Å². The molecule has 0 fully saturated rings. The van der Waals surface area contributed by atoms with Crippen LogP contribution in [-0.4, -0.2) is 75.7 Å². The van der Waals surface area contributed by atoms with Crippen LogP contribution in [0.25, 0.3) is 0 Å². The van der Waals surface area contributed by atoms with Crippen molar-refractivity contribution in [3.05, 3.63) is 29.8 Å². The highest BCUT2D eigenvalue weighted by Gasteiger charge is 2.32. The fraction of sp³-hybridized carbons (Fsp3) is 0.500. The molecule has 1 aromatic carbocycles. The molecule has 0 aliphatic heterocycles. The molecule has 13 nitrogen and oxygen atoms in total. The van der Waals surface area contributed by atoms with E-state index in [1.807, 2.05) is 0 Å². The highest BCUT2D eigenvalue weighted by Crippen LogP contribution is 2.12. The Morgan fingerprint density at radius 3 is 1.97 bits per heavy atom. The Labute approximate surface area is 202 Å². The third-order valence-electron chi connectivity index (χ3n) is 5.36. The summed E-state index contributed by atoms with van der Waals surface area (Å²) in [6.07, 6.45) is -0.276. The molecule has 35 heavy (non-hydrogen) atoms. The minimum absolute atomic E-state index is 0.0198. The van der Waals surface area contributed by atoms with Crippen LogP contribution in [0.1, 0.15) is 32.3 Å².